The number of halogens is 4. The van der Waals surface area contributed by atoms with Gasteiger partial charge in [0.1, 0.15) is 0 Å². The van der Waals surface area contributed by atoms with Crippen LogP contribution in [0.15, 0.2) is 114 Å². The molecule has 0 saturated carbocycles. The molecule has 0 amide bonds. The first-order valence-electron chi connectivity index (χ1n) is 11.2. The molecule has 4 aromatic carbocycles. The van der Waals surface area contributed by atoms with E-state index in [0.717, 1.165) is 10.9 Å². The quantitative estimate of drug-likeness (QED) is 0.136. The van der Waals surface area contributed by atoms with E-state index >= 15 is 0 Å². The summed E-state index contributed by atoms with van der Waals surface area (Å²) in [7, 11) is -2.64. The molecule has 0 atom stereocenters. The molecule has 0 aromatic heterocycles. The van der Waals surface area contributed by atoms with Gasteiger partial charge in [-0.2, -0.15) is 0 Å². The van der Waals surface area contributed by atoms with Gasteiger partial charge >= 0.3 is 208 Å². The molecule has 0 radical (unpaired) electrons. The SMILES string of the molecule is FCCOc1ccc([PH](Cc2ccc(SC(F)(F)F)cc2)(c2ccccc2)c2ccccc2)cc1. The summed E-state index contributed by atoms with van der Waals surface area (Å²) in [4.78, 5) is 0.169. The van der Waals surface area contributed by atoms with Gasteiger partial charge in [-0.1, -0.05) is 0 Å². The van der Waals surface area contributed by atoms with Gasteiger partial charge < -0.3 is 0 Å². The van der Waals surface area contributed by atoms with Crippen molar-refractivity contribution in [2.75, 3.05) is 13.3 Å². The predicted molar refractivity (Wildman–Crippen MR) is 140 cm³/mol. The fourth-order valence-corrected chi connectivity index (χ4v) is 9.62. The standard InChI is InChI=1S/C28H25F4OPS/c29-19-20-33-23-13-15-26(16-14-23)34(24-7-3-1-4-8-24,25-9-5-2-6-10-25)21-22-11-17-27(18-12-22)35-28(30,31)32/h1-18,34H,19-21H2. The Balaban J connectivity index is 1.82. The van der Waals surface area contributed by atoms with Crippen molar-refractivity contribution in [3.63, 3.8) is 0 Å². The molecule has 0 bridgehead atoms. The summed E-state index contributed by atoms with van der Waals surface area (Å²) in [5.74, 6) is 0.601. The Labute approximate surface area is 207 Å². The van der Waals surface area contributed by atoms with Crippen LogP contribution in [-0.4, -0.2) is 18.8 Å². The van der Waals surface area contributed by atoms with Crippen LogP contribution in [0.25, 0.3) is 0 Å². The molecule has 182 valence electrons. The average Bonchev–Trinajstić information content (AvgIpc) is 2.88. The topological polar surface area (TPSA) is 9.23 Å². The van der Waals surface area contributed by atoms with E-state index in [1.54, 1.807) is 12.1 Å². The van der Waals surface area contributed by atoms with Gasteiger partial charge in [0.05, 0.1) is 0 Å². The summed E-state index contributed by atoms with van der Waals surface area (Å²) in [6.07, 6.45) is 0.669. The minimum atomic E-state index is -4.32. The number of benzene rings is 4. The molecular formula is C28H25F4OPS. The second-order valence-corrected chi connectivity index (χ2v) is 13.1. The van der Waals surface area contributed by atoms with E-state index in [4.69, 9.17) is 4.74 Å². The Morgan fingerprint density at radius 3 is 1.66 bits per heavy atom. The Morgan fingerprint density at radius 1 is 0.657 bits per heavy atom. The Hall–Kier alpha value is -2.82. The predicted octanol–water partition coefficient (Wildman–Crippen LogP) is 6.87. The molecule has 0 aliphatic carbocycles. The number of thioether (sulfide) groups is 1. The number of hydrogen-bond acceptors (Lipinski definition) is 2. The number of alkyl halides is 4. The van der Waals surface area contributed by atoms with Crippen LogP contribution in [0.4, 0.5) is 17.6 Å². The van der Waals surface area contributed by atoms with Gasteiger partial charge in [-0.25, -0.2) is 0 Å². The summed E-state index contributed by atoms with van der Waals surface area (Å²) in [5, 5.41) is 3.52. The zero-order valence-corrected chi connectivity index (χ0v) is 20.7. The van der Waals surface area contributed by atoms with E-state index < -0.39 is 19.4 Å². The summed E-state index contributed by atoms with van der Waals surface area (Å²) in [6, 6.07) is 35.0. The molecule has 1 nitrogen and oxygen atoms in total. The fourth-order valence-electron chi connectivity index (χ4n) is 4.36. The Kier molecular flexibility index (Phi) is 8.15. The van der Waals surface area contributed by atoms with Gasteiger partial charge in [-0.15, -0.1) is 0 Å². The molecule has 4 rings (SSSR count). The molecule has 35 heavy (non-hydrogen) atoms. The molecule has 7 heteroatoms. The van der Waals surface area contributed by atoms with E-state index in [0.29, 0.717) is 11.9 Å². The summed E-state index contributed by atoms with van der Waals surface area (Å²) >= 11 is -0.105. The first-order valence-corrected chi connectivity index (χ1v) is 14.2. The maximum atomic E-state index is 12.8. The van der Waals surface area contributed by atoms with Gasteiger partial charge in [0.25, 0.3) is 0 Å². The van der Waals surface area contributed by atoms with Crippen molar-refractivity contribution >= 4 is 34.9 Å². The number of ether oxygens (including phenoxy) is 1. The molecule has 0 fully saturated rings. The van der Waals surface area contributed by atoms with E-state index in [2.05, 4.69) is 24.3 Å². The van der Waals surface area contributed by atoms with Crippen LogP contribution in [0.1, 0.15) is 5.56 Å². The molecule has 0 saturated heterocycles. The molecule has 0 aliphatic rings. The first kappa shape index (κ1) is 25.3. The molecule has 0 spiro atoms. The van der Waals surface area contributed by atoms with Crippen molar-refractivity contribution in [1.82, 2.24) is 0 Å². The summed E-state index contributed by atoms with van der Waals surface area (Å²) in [5.41, 5.74) is -3.35. The first-order chi connectivity index (χ1) is 16.9. The van der Waals surface area contributed by atoms with Crippen LogP contribution in [0.3, 0.4) is 0 Å². The third-order valence-corrected chi connectivity index (χ3v) is 11.5. The van der Waals surface area contributed by atoms with Crippen LogP contribution in [0.5, 0.6) is 5.75 Å². The van der Waals surface area contributed by atoms with Gasteiger partial charge in [0.15, 0.2) is 0 Å². The Bertz CT molecular complexity index is 1160. The summed E-state index contributed by atoms with van der Waals surface area (Å²) < 4.78 is 56.5. The van der Waals surface area contributed by atoms with Crippen LogP contribution in [0, 0.1) is 0 Å². The molecule has 4 aromatic rings. The number of rotatable bonds is 9. The second-order valence-electron chi connectivity index (χ2n) is 8.07. The van der Waals surface area contributed by atoms with Crippen molar-refractivity contribution < 1.29 is 22.3 Å². The van der Waals surface area contributed by atoms with Crippen LogP contribution >= 0.6 is 19.0 Å². The van der Waals surface area contributed by atoms with Gasteiger partial charge in [0, 0.05) is 0 Å². The van der Waals surface area contributed by atoms with Crippen molar-refractivity contribution in [2.24, 2.45) is 0 Å². The van der Waals surface area contributed by atoms with E-state index in [9.17, 15) is 17.6 Å². The second kappa shape index (κ2) is 11.3. The third kappa shape index (κ3) is 6.25. The normalized spacial score (nSPS) is 12.3. The average molecular weight is 517 g/mol. The fraction of sp³-hybridized carbons (Fsp3) is 0.143. The van der Waals surface area contributed by atoms with Crippen molar-refractivity contribution in [2.45, 2.75) is 16.6 Å². The van der Waals surface area contributed by atoms with E-state index in [1.807, 2.05) is 60.7 Å². The molecule has 0 heterocycles. The maximum absolute atomic E-state index is 12.8. The van der Waals surface area contributed by atoms with Gasteiger partial charge in [0.2, 0.25) is 0 Å². The zero-order valence-electron chi connectivity index (χ0n) is 18.8. The van der Waals surface area contributed by atoms with Crippen molar-refractivity contribution in [1.29, 1.82) is 0 Å². The molecule has 0 aliphatic heterocycles. The Morgan fingerprint density at radius 2 is 1.17 bits per heavy atom. The van der Waals surface area contributed by atoms with E-state index in [1.165, 1.54) is 22.7 Å². The monoisotopic (exact) mass is 516 g/mol. The van der Waals surface area contributed by atoms with Crippen molar-refractivity contribution in [3.05, 3.63) is 115 Å². The van der Waals surface area contributed by atoms with E-state index in [-0.39, 0.29) is 23.3 Å². The van der Waals surface area contributed by atoms with Crippen LogP contribution < -0.4 is 20.7 Å². The summed E-state index contributed by atoms with van der Waals surface area (Å²) in [6.45, 7) is -0.557. The zero-order chi connectivity index (χ0) is 24.7. The van der Waals surface area contributed by atoms with Crippen LogP contribution in [0.2, 0.25) is 0 Å². The third-order valence-electron chi connectivity index (χ3n) is 5.85. The molecular weight excluding hydrogens is 491 g/mol. The number of hydrogen-bond donors (Lipinski definition) is 0. The van der Waals surface area contributed by atoms with Gasteiger partial charge in [-0.05, 0) is 0 Å². The molecule has 0 N–H and O–H groups in total. The molecule has 0 unspecified atom stereocenters. The van der Waals surface area contributed by atoms with Gasteiger partial charge in [-0.3, -0.25) is 0 Å². The van der Waals surface area contributed by atoms with Crippen molar-refractivity contribution in [3.8, 4) is 5.75 Å². The minimum absolute atomic E-state index is 0.00156. The van der Waals surface area contributed by atoms with Crippen LogP contribution in [-0.2, 0) is 6.16 Å².